The normalized spacial score (nSPS) is 19.6. The molecule has 1 aliphatic carbocycles. The Morgan fingerprint density at radius 2 is 1.79 bits per heavy atom. The minimum Gasteiger partial charge on any atom is -0.511 e. The van der Waals surface area contributed by atoms with Crippen LogP contribution >= 0.6 is 0 Å². The Kier molecular flexibility index (Phi) is 7.67. The number of aliphatic imine (C=N–C) groups is 1. The zero-order chi connectivity index (χ0) is 20.7. The van der Waals surface area contributed by atoms with E-state index in [1.807, 2.05) is 32.0 Å². The second kappa shape index (κ2) is 9.76. The number of ether oxygens (including phenoxy) is 2. The Balaban J connectivity index is 2.36. The molecule has 2 rings (SSSR count). The summed E-state index contributed by atoms with van der Waals surface area (Å²) in [5, 5.41) is 10.8. The SMILES string of the molecule is CCCN=C1CC(C)(C)CC(=O)/C1=C(/O)Cc1ccc(OCC)c(OCC)c1. The van der Waals surface area contributed by atoms with Crippen molar-refractivity contribution in [1.29, 1.82) is 0 Å². The third-order valence-corrected chi connectivity index (χ3v) is 4.65. The van der Waals surface area contributed by atoms with Crippen molar-refractivity contribution in [3.63, 3.8) is 0 Å². The summed E-state index contributed by atoms with van der Waals surface area (Å²) in [4.78, 5) is 17.4. The molecule has 0 spiro atoms. The molecule has 1 N–H and O–H groups in total. The summed E-state index contributed by atoms with van der Waals surface area (Å²) < 4.78 is 11.3. The molecule has 0 saturated heterocycles. The molecule has 0 unspecified atom stereocenters. The number of benzene rings is 1. The van der Waals surface area contributed by atoms with Gasteiger partial charge < -0.3 is 14.6 Å². The van der Waals surface area contributed by atoms with Gasteiger partial charge in [0.25, 0.3) is 0 Å². The van der Waals surface area contributed by atoms with Gasteiger partial charge in [-0.2, -0.15) is 0 Å². The lowest BCUT2D eigenvalue weighted by Crippen LogP contribution is -2.33. The van der Waals surface area contributed by atoms with Crippen LogP contribution in [0.2, 0.25) is 0 Å². The van der Waals surface area contributed by atoms with Crippen molar-refractivity contribution >= 4 is 11.5 Å². The Labute approximate surface area is 168 Å². The van der Waals surface area contributed by atoms with Crippen LogP contribution < -0.4 is 9.47 Å². The maximum absolute atomic E-state index is 12.8. The third-order valence-electron chi connectivity index (χ3n) is 4.65. The first-order valence-electron chi connectivity index (χ1n) is 10.2. The third kappa shape index (κ3) is 5.60. The number of hydrogen-bond acceptors (Lipinski definition) is 5. The molecular weight excluding hydrogens is 354 g/mol. The van der Waals surface area contributed by atoms with Gasteiger partial charge in [-0.05, 0) is 49.8 Å². The number of allylic oxidation sites excluding steroid dienone is 2. The summed E-state index contributed by atoms with van der Waals surface area (Å²) >= 11 is 0. The van der Waals surface area contributed by atoms with Crippen LogP contribution in [0.25, 0.3) is 0 Å². The molecule has 0 heterocycles. The van der Waals surface area contributed by atoms with E-state index in [4.69, 9.17) is 9.47 Å². The molecule has 0 aromatic heterocycles. The zero-order valence-corrected chi connectivity index (χ0v) is 17.8. The molecule has 1 fully saturated rings. The van der Waals surface area contributed by atoms with Gasteiger partial charge in [-0.15, -0.1) is 0 Å². The van der Waals surface area contributed by atoms with Crippen molar-refractivity contribution in [3.8, 4) is 11.5 Å². The van der Waals surface area contributed by atoms with Gasteiger partial charge in [0.05, 0.1) is 18.8 Å². The first-order chi connectivity index (χ1) is 13.3. The van der Waals surface area contributed by atoms with Crippen molar-refractivity contribution in [3.05, 3.63) is 35.1 Å². The second-order valence-electron chi connectivity index (χ2n) is 7.91. The predicted molar refractivity (Wildman–Crippen MR) is 113 cm³/mol. The number of Topliss-reactive ketones (excluding diaryl/α,β-unsaturated/α-hetero) is 1. The quantitative estimate of drug-likeness (QED) is 0.499. The topological polar surface area (TPSA) is 68.1 Å². The van der Waals surface area contributed by atoms with E-state index in [2.05, 4.69) is 25.8 Å². The van der Waals surface area contributed by atoms with Crippen molar-refractivity contribution in [2.45, 2.75) is 60.3 Å². The Morgan fingerprint density at radius 1 is 1.11 bits per heavy atom. The number of aliphatic hydroxyl groups is 1. The highest BCUT2D eigenvalue weighted by Gasteiger charge is 2.36. The maximum Gasteiger partial charge on any atom is 0.168 e. The lowest BCUT2D eigenvalue weighted by atomic mass is 9.73. The second-order valence-corrected chi connectivity index (χ2v) is 7.91. The highest BCUT2D eigenvalue weighted by atomic mass is 16.5. The standard InChI is InChI=1S/C23H33NO4/c1-6-11-24-17-14-23(4,5)15-19(26)22(17)18(25)12-16-9-10-20(27-7-2)21(13-16)28-8-3/h9-10,13,25H,6-8,11-12,14-15H2,1-5H3/b22-18+,24-17?. The monoisotopic (exact) mass is 387 g/mol. The van der Waals surface area contributed by atoms with E-state index in [1.165, 1.54) is 0 Å². The van der Waals surface area contributed by atoms with Crippen LogP contribution in [0.3, 0.4) is 0 Å². The van der Waals surface area contributed by atoms with Crippen LogP contribution in [0.4, 0.5) is 0 Å². The Hall–Kier alpha value is -2.30. The number of rotatable bonds is 8. The van der Waals surface area contributed by atoms with E-state index in [-0.39, 0.29) is 23.4 Å². The number of ketones is 1. The molecule has 1 aliphatic rings. The van der Waals surface area contributed by atoms with Crippen LogP contribution in [-0.2, 0) is 11.2 Å². The van der Waals surface area contributed by atoms with Gasteiger partial charge in [0.15, 0.2) is 17.3 Å². The molecule has 5 nitrogen and oxygen atoms in total. The van der Waals surface area contributed by atoms with Crippen LogP contribution in [0.5, 0.6) is 11.5 Å². The minimum absolute atomic E-state index is 0.0282. The van der Waals surface area contributed by atoms with Crippen molar-refractivity contribution in [1.82, 2.24) is 0 Å². The van der Waals surface area contributed by atoms with Gasteiger partial charge in [-0.1, -0.05) is 26.8 Å². The summed E-state index contributed by atoms with van der Waals surface area (Å²) in [5.41, 5.74) is 1.87. The summed E-state index contributed by atoms with van der Waals surface area (Å²) in [6.45, 7) is 11.8. The van der Waals surface area contributed by atoms with Gasteiger partial charge >= 0.3 is 0 Å². The summed E-state index contributed by atoms with van der Waals surface area (Å²) in [7, 11) is 0. The molecule has 0 amide bonds. The molecule has 0 aliphatic heterocycles. The minimum atomic E-state index is -0.130. The Morgan fingerprint density at radius 3 is 2.43 bits per heavy atom. The summed E-state index contributed by atoms with van der Waals surface area (Å²) in [6, 6.07) is 5.61. The van der Waals surface area contributed by atoms with Gasteiger partial charge in [-0.3, -0.25) is 9.79 Å². The molecule has 154 valence electrons. The molecule has 0 atom stereocenters. The Bertz CT molecular complexity index is 762. The molecule has 1 saturated carbocycles. The molecular formula is C23H33NO4. The van der Waals surface area contributed by atoms with Crippen LogP contribution in [0, 0.1) is 5.41 Å². The van der Waals surface area contributed by atoms with E-state index in [0.29, 0.717) is 49.7 Å². The molecule has 5 heteroatoms. The van der Waals surface area contributed by atoms with Crippen molar-refractivity contribution in [2.75, 3.05) is 19.8 Å². The fourth-order valence-electron chi connectivity index (χ4n) is 3.48. The lowest BCUT2D eigenvalue weighted by Gasteiger charge is -2.31. The zero-order valence-electron chi connectivity index (χ0n) is 17.8. The molecule has 1 aromatic rings. The van der Waals surface area contributed by atoms with Gasteiger partial charge in [0.1, 0.15) is 5.76 Å². The fraction of sp³-hybridized carbons (Fsp3) is 0.565. The number of hydrogen-bond donors (Lipinski definition) is 1. The van der Waals surface area contributed by atoms with Crippen molar-refractivity contribution in [2.24, 2.45) is 10.4 Å². The van der Waals surface area contributed by atoms with E-state index in [1.54, 1.807) is 0 Å². The average molecular weight is 388 g/mol. The van der Waals surface area contributed by atoms with Gasteiger partial charge in [0.2, 0.25) is 0 Å². The number of nitrogens with zero attached hydrogens (tertiary/aromatic N) is 1. The smallest absolute Gasteiger partial charge is 0.168 e. The van der Waals surface area contributed by atoms with Crippen LogP contribution in [0.15, 0.2) is 34.5 Å². The van der Waals surface area contributed by atoms with E-state index in [9.17, 15) is 9.90 Å². The lowest BCUT2D eigenvalue weighted by molar-refractivity contribution is -0.117. The highest BCUT2D eigenvalue weighted by Crippen LogP contribution is 2.36. The maximum atomic E-state index is 12.8. The molecule has 0 radical (unpaired) electrons. The first kappa shape index (κ1) is 22.0. The van der Waals surface area contributed by atoms with Gasteiger partial charge in [-0.25, -0.2) is 0 Å². The van der Waals surface area contributed by atoms with Crippen LogP contribution in [-0.4, -0.2) is 36.4 Å². The van der Waals surface area contributed by atoms with Gasteiger partial charge in [0, 0.05) is 25.1 Å². The number of aliphatic hydroxyl groups excluding tert-OH is 1. The highest BCUT2D eigenvalue weighted by molar-refractivity contribution is 6.24. The molecule has 1 aromatic carbocycles. The molecule has 0 bridgehead atoms. The van der Waals surface area contributed by atoms with Crippen molar-refractivity contribution < 1.29 is 19.4 Å². The number of carbonyl (C=O) groups is 1. The van der Waals surface area contributed by atoms with E-state index < -0.39 is 0 Å². The fourth-order valence-corrected chi connectivity index (χ4v) is 3.48. The number of carbonyl (C=O) groups excluding carboxylic acids is 1. The first-order valence-corrected chi connectivity index (χ1v) is 10.2. The van der Waals surface area contributed by atoms with Crippen LogP contribution in [0.1, 0.15) is 59.4 Å². The summed E-state index contributed by atoms with van der Waals surface area (Å²) in [6.07, 6.45) is 2.29. The summed E-state index contributed by atoms with van der Waals surface area (Å²) in [5.74, 6) is 1.39. The molecule has 28 heavy (non-hydrogen) atoms. The average Bonchev–Trinajstić information content (AvgIpc) is 2.61. The van der Waals surface area contributed by atoms with E-state index in [0.717, 1.165) is 17.7 Å². The van der Waals surface area contributed by atoms with E-state index >= 15 is 0 Å². The largest absolute Gasteiger partial charge is 0.511 e. The predicted octanol–water partition coefficient (Wildman–Crippen LogP) is 5.08.